The molecule has 0 bridgehead atoms. The molecule has 1 rings (SSSR count). The lowest BCUT2D eigenvalue weighted by atomic mass is 10.1. The summed E-state index contributed by atoms with van der Waals surface area (Å²) in [4.78, 5) is 16.1. The number of hydrogen-bond donors (Lipinski definition) is 1. The summed E-state index contributed by atoms with van der Waals surface area (Å²) in [7, 11) is 0. The molecule has 0 unspecified atom stereocenters. The van der Waals surface area contributed by atoms with Gasteiger partial charge >= 0.3 is 5.97 Å². The van der Waals surface area contributed by atoms with E-state index in [9.17, 15) is 4.79 Å². The van der Waals surface area contributed by atoms with Crippen molar-refractivity contribution < 1.29 is 14.9 Å². The van der Waals surface area contributed by atoms with Crippen LogP contribution in [0.2, 0.25) is 0 Å². The Bertz CT molecular complexity index is 132. The zero-order valence-electron chi connectivity index (χ0n) is 6.45. The minimum Gasteiger partial charge on any atom is -0.300 e. The van der Waals surface area contributed by atoms with Gasteiger partial charge in [0, 0.05) is 0 Å². The molecule has 4 heteroatoms. The highest BCUT2D eigenvalue weighted by Gasteiger charge is 2.14. The maximum absolute atomic E-state index is 10.6. The highest BCUT2D eigenvalue weighted by molar-refractivity contribution is 5.70. The zero-order valence-corrected chi connectivity index (χ0v) is 6.45. The summed E-state index contributed by atoms with van der Waals surface area (Å²) in [6.07, 6.45) is 3.52. The van der Waals surface area contributed by atoms with E-state index in [0.29, 0.717) is 0 Å². The quantitative estimate of drug-likeness (QED) is 0.470. The highest BCUT2D eigenvalue weighted by atomic mass is 17.1. The number of likely N-dealkylation sites (tertiary alicyclic amines) is 1. The van der Waals surface area contributed by atoms with E-state index in [0.717, 1.165) is 25.9 Å². The summed E-state index contributed by atoms with van der Waals surface area (Å²) in [6, 6.07) is 0. The van der Waals surface area contributed by atoms with Crippen molar-refractivity contribution in [3.8, 4) is 0 Å². The Morgan fingerprint density at radius 1 is 1.36 bits per heavy atom. The third kappa shape index (κ3) is 2.86. The van der Waals surface area contributed by atoms with Crippen LogP contribution in [0.3, 0.4) is 0 Å². The Morgan fingerprint density at radius 2 is 2.00 bits per heavy atom. The van der Waals surface area contributed by atoms with Gasteiger partial charge in [-0.1, -0.05) is 6.42 Å². The van der Waals surface area contributed by atoms with Crippen LogP contribution in [-0.4, -0.2) is 35.8 Å². The summed E-state index contributed by atoms with van der Waals surface area (Å²) in [5.41, 5.74) is 0. The zero-order chi connectivity index (χ0) is 8.10. The molecule has 1 N–H and O–H groups in total. The second-order valence-corrected chi connectivity index (χ2v) is 2.80. The van der Waals surface area contributed by atoms with Gasteiger partial charge in [0.15, 0.2) is 0 Å². The van der Waals surface area contributed by atoms with Crippen molar-refractivity contribution >= 4 is 5.97 Å². The number of carbonyl (C=O) groups is 1. The van der Waals surface area contributed by atoms with Gasteiger partial charge in [-0.2, -0.15) is 5.26 Å². The molecule has 0 spiro atoms. The van der Waals surface area contributed by atoms with E-state index in [-0.39, 0.29) is 6.54 Å². The van der Waals surface area contributed by atoms with Crippen LogP contribution in [0.25, 0.3) is 0 Å². The summed E-state index contributed by atoms with van der Waals surface area (Å²) in [6.45, 7) is 2.10. The predicted octanol–water partition coefficient (Wildman–Crippen LogP) is 0.489. The van der Waals surface area contributed by atoms with E-state index in [1.165, 1.54) is 6.42 Å². The molecular weight excluding hydrogens is 146 g/mol. The first-order chi connectivity index (χ1) is 5.33. The number of hydrogen-bond acceptors (Lipinski definition) is 4. The number of nitrogens with zero attached hydrogens (tertiary/aromatic N) is 1. The summed E-state index contributed by atoms with van der Waals surface area (Å²) < 4.78 is 0. The molecule has 0 aliphatic carbocycles. The van der Waals surface area contributed by atoms with Crippen molar-refractivity contribution in [1.29, 1.82) is 0 Å². The first-order valence-electron chi connectivity index (χ1n) is 3.89. The number of piperidine rings is 1. The Morgan fingerprint density at radius 3 is 2.55 bits per heavy atom. The van der Waals surface area contributed by atoms with Gasteiger partial charge < -0.3 is 0 Å². The predicted molar refractivity (Wildman–Crippen MR) is 39.0 cm³/mol. The molecule has 4 nitrogen and oxygen atoms in total. The smallest absolute Gasteiger partial charge is 0.300 e. The molecular formula is C7H13NO3. The van der Waals surface area contributed by atoms with E-state index >= 15 is 0 Å². The monoisotopic (exact) mass is 159 g/mol. The molecule has 1 aliphatic rings. The number of rotatable bonds is 2. The first kappa shape index (κ1) is 8.49. The Hall–Kier alpha value is -0.610. The summed E-state index contributed by atoms with van der Waals surface area (Å²) >= 11 is 0. The fourth-order valence-corrected chi connectivity index (χ4v) is 1.33. The normalized spacial score (nSPS) is 19.7. The molecule has 0 saturated carbocycles. The van der Waals surface area contributed by atoms with Gasteiger partial charge in [-0.05, 0) is 25.9 Å². The molecule has 0 atom stereocenters. The second kappa shape index (κ2) is 4.31. The lowest BCUT2D eigenvalue weighted by Crippen LogP contribution is -2.34. The van der Waals surface area contributed by atoms with Crippen LogP contribution in [0.15, 0.2) is 0 Å². The van der Waals surface area contributed by atoms with E-state index in [1.807, 2.05) is 4.90 Å². The van der Waals surface area contributed by atoms with Crippen LogP contribution in [-0.2, 0) is 9.68 Å². The fraction of sp³-hybridized carbons (Fsp3) is 0.857. The van der Waals surface area contributed by atoms with Crippen LogP contribution < -0.4 is 0 Å². The van der Waals surface area contributed by atoms with Gasteiger partial charge in [-0.3, -0.25) is 9.79 Å². The summed E-state index contributed by atoms with van der Waals surface area (Å²) in [5.74, 6) is -0.563. The molecule has 64 valence electrons. The molecule has 0 amide bonds. The molecule has 0 radical (unpaired) electrons. The first-order valence-corrected chi connectivity index (χ1v) is 3.89. The Balaban J connectivity index is 2.19. The summed E-state index contributed by atoms with van der Waals surface area (Å²) in [5, 5.41) is 7.99. The van der Waals surface area contributed by atoms with Crippen molar-refractivity contribution in [2.75, 3.05) is 19.6 Å². The van der Waals surface area contributed by atoms with Crippen LogP contribution >= 0.6 is 0 Å². The van der Waals surface area contributed by atoms with Crippen molar-refractivity contribution in [3.63, 3.8) is 0 Å². The van der Waals surface area contributed by atoms with Crippen molar-refractivity contribution in [3.05, 3.63) is 0 Å². The van der Waals surface area contributed by atoms with Gasteiger partial charge in [0.2, 0.25) is 0 Å². The van der Waals surface area contributed by atoms with Crippen LogP contribution in [0.5, 0.6) is 0 Å². The molecule has 1 saturated heterocycles. The molecule has 1 fully saturated rings. The maximum atomic E-state index is 10.6. The molecule has 1 aliphatic heterocycles. The average molecular weight is 159 g/mol. The highest BCUT2D eigenvalue weighted by Crippen LogP contribution is 2.07. The molecule has 0 aromatic rings. The lowest BCUT2D eigenvalue weighted by molar-refractivity contribution is -0.235. The maximum Gasteiger partial charge on any atom is 0.355 e. The van der Waals surface area contributed by atoms with Gasteiger partial charge in [0.05, 0.1) is 0 Å². The SMILES string of the molecule is O=C(CN1CCCCC1)OO. The van der Waals surface area contributed by atoms with E-state index in [4.69, 9.17) is 5.26 Å². The topological polar surface area (TPSA) is 49.8 Å². The van der Waals surface area contributed by atoms with Crippen LogP contribution in [0.4, 0.5) is 0 Å². The standard InChI is InChI=1S/C7H13NO3/c9-7(11-10)6-8-4-2-1-3-5-8/h10H,1-6H2. The molecule has 11 heavy (non-hydrogen) atoms. The Labute approximate surface area is 65.7 Å². The minimum atomic E-state index is -0.563. The minimum absolute atomic E-state index is 0.219. The van der Waals surface area contributed by atoms with E-state index in [2.05, 4.69) is 4.89 Å². The van der Waals surface area contributed by atoms with Gasteiger partial charge in [-0.15, -0.1) is 0 Å². The van der Waals surface area contributed by atoms with Crippen molar-refractivity contribution in [2.45, 2.75) is 19.3 Å². The molecule has 0 aromatic carbocycles. The number of carbonyl (C=O) groups excluding carboxylic acids is 1. The van der Waals surface area contributed by atoms with Crippen LogP contribution in [0.1, 0.15) is 19.3 Å². The largest absolute Gasteiger partial charge is 0.355 e. The second-order valence-electron chi connectivity index (χ2n) is 2.80. The molecule has 0 aromatic heterocycles. The van der Waals surface area contributed by atoms with E-state index in [1.54, 1.807) is 0 Å². The Kier molecular flexibility index (Phi) is 3.32. The van der Waals surface area contributed by atoms with Crippen LogP contribution in [0, 0.1) is 0 Å². The third-order valence-electron chi connectivity index (χ3n) is 1.90. The molecule has 1 heterocycles. The van der Waals surface area contributed by atoms with Crippen molar-refractivity contribution in [2.24, 2.45) is 0 Å². The van der Waals surface area contributed by atoms with Crippen molar-refractivity contribution in [1.82, 2.24) is 4.90 Å². The lowest BCUT2D eigenvalue weighted by Gasteiger charge is -2.24. The fourth-order valence-electron chi connectivity index (χ4n) is 1.33. The third-order valence-corrected chi connectivity index (χ3v) is 1.90. The van der Waals surface area contributed by atoms with Gasteiger partial charge in [0.25, 0.3) is 0 Å². The van der Waals surface area contributed by atoms with Gasteiger partial charge in [0.1, 0.15) is 6.54 Å². The average Bonchev–Trinajstić information content (AvgIpc) is 2.06. The van der Waals surface area contributed by atoms with E-state index < -0.39 is 5.97 Å². The van der Waals surface area contributed by atoms with Gasteiger partial charge in [-0.25, -0.2) is 4.79 Å².